The molecule has 28 heavy (non-hydrogen) atoms. The van der Waals surface area contributed by atoms with Crippen LogP contribution in [0.3, 0.4) is 0 Å². The molecule has 0 radical (unpaired) electrons. The van der Waals surface area contributed by atoms with Crippen LogP contribution in [0.2, 0.25) is 0 Å². The monoisotopic (exact) mass is 392 g/mol. The number of esters is 1. The Hall–Kier alpha value is -2.77. The van der Waals surface area contributed by atoms with Gasteiger partial charge in [-0.3, -0.25) is 9.59 Å². The summed E-state index contributed by atoms with van der Waals surface area (Å²) < 4.78 is 15.6. The van der Waals surface area contributed by atoms with Crippen molar-refractivity contribution >= 4 is 18.0 Å². The smallest absolute Gasteiger partial charge is 0.408 e. The fraction of sp³-hybridized carbons (Fsp3) is 0.550. The molecule has 1 aliphatic rings. The molecule has 0 unspecified atom stereocenters. The summed E-state index contributed by atoms with van der Waals surface area (Å²) in [6.07, 6.45) is 1.57. The Balaban J connectivity index is 1.99. The molecule has 1 saturated carbocycles. The van der Waals surface area contributed by atoms with Crippen LogP contribution in [-0.4, -0.2) is 43.3 Å². The molecule has 0 bridgehead atoms. The summed E-state index contributed by atoms with van der Waals surface area (Å²) in [5.74, 6) is -0.219. The molecule has 0 aliphatic heterocycles. The van der Waals surface area contributed by atoms with Gasteiger partial charge in [0, 0.05) is 0 Å². The summed E-state index contributed by atoms with van der Waals surface area (Å²) in [5, 5.41) is 5.14. The molecule has 0 spiro atoms. The summed E-state index contributed by atoms with van der Waals surface area (Å²) in [7, 11) is 1.29. The van der Waals surface area contributed by atoms with Gasteiger partial charge < -0.3 is 24.8 Å². The van der Waals surface area contributed by atoms with Crippen molar-refractivity contribution in [3.63, 3.8) is 0 Å². The topological polar surface area (TPSA) is 103 Å². The Kier molecular flexibility index (Phi) is 7.25. The van der Waals surface area contributed by atoms with E-state index in [1.807, 2.05) is 12.1 Å². The molecule has 2 amide bonds. The minimum atomic E-state index is -0.688. The van der Waals surface area contributed by atoms with Crippen LogP contribution >= 0.6 is 0 Å². The Morgan fingerprint density at radius 2 is 1.93 bits per heavy atom. The number of methoxy groups -OCH3 is 1. The number of rotatable bonds is 8. The van der Waals surface area contributed by atoms with E-state index in [4.69, 9.17) is 14.2 Å². The number of carbonyl (C=O) groups is 3. The zero-order chi connectivity index (χ0) is 20.7. The fourth-order valence-electron chi connectivity index (χ4n) is 2.40. The predicted octanol–water partition coefficient (Wildman–Crippen LogP) is 2.47. The molecule has 0 heterocycles. The van der Waals surface area contributed by atoms with Crippen LogP contribution in [-0.2, 0) is 19.1 Å². The van der Waals surface area contributed by atoms with Gasteiger partial charge in [0.1, 0.15) is 17.9 Å². The lowest BCUT2D eigenvalue weighted by Crippen LogP contribution is -2.41. The van der Waals surface area contributed by atoms with Crippen LogP contribution in [0.1, 0.15) is 51.6 Å². The predicted molar refractivity (Wildman–Crippen MR) is 102 cm³/mol. The highest BCUT2D eigenvalue weighted by Gasteiger charge is 2.25. The van der Waals surface area contributed by atoms with E-state index in [0.29, 0.717) is 11.3 Å². The van der Waals surface area contributed by atoms with E-state index < -0.39 is 29.6 Å². The summed E-state index contributed by atoms with van der Waals surface area (Å²) in [4.78, 5) is 35.7. The highest BCUT2D eigenvalue weighted by Crippen LogP contribution is 2.29. The SMILES string of the molecule is COC(=O)C[C@H](NC(=O)CNC(=O)OC(C)(C)C)c1cccc(OC2CC2)c1. The van der Waals surface area contributed by atoms with Gasteiger partial charge in [-0.05, 0) is 51.3 Å². The van der Waals surface area contributed by atoms with Gasteiger partial charge >= 0.3 is 12.1 Å². The van der Waals surface area contributed by atoms with Crippen LogP contribution in [0.25, 0.3) is 0 Å². The number of carbonyl (C=O) groups excluding carboxylic acids is 3. The van der Waals surface area contributed by atoms with E-state index >= 15 is 0 Å². The maximum atomic E-state index is 12.3. The summed E-state index contributed by atoms with van der Waals surface area (Å²) in [6.45, 7) is 4.92. The largest absolute Gasteiger partial charge is 0.490 e. The number of amides is 2. The number of benzene rings is 1. The highest BCUT2D eigenvalue weighted by molar-refractivity contribution is 5.83. The van der Waals surface area contributed by atoms with Gasteiger partial charge in [-0.2, -0.15) is 0 Å². The van der Waals surface area contributed by atoms with E-state index in [1.54, 1.807) is 32.9 Å². The Morgan fingerprint density at radius 1 is 1.21 bits per heavy atom. The second kappa shape index (κ2) is 9.43. The molecular formula is C20H28N2O6. The van der Waals surface area contributed by atoms with Gasteiger partial charge in [-0.1, -0.05) is 12.1 Å². The average Bonchev–Trinajstić information content (AvgIpc) is 3.42. The third-order valence-electron chi connectivity index (χ3n) is 3.81. The molecule has 2 N–H and O–H groups in total. The number of hydrogen-bond donors (Lipinski definition) is 2. The van der Waals surface area contributed by atoms with Gasteiger partial charge in [0.05, 0.1) is 25.7 Å². The van der Waals surface area contributed by atoms with Crippen molar-refractivity contribution in [2.24, 2.45) is 0 Å². The average molecular weight is 392 g/mol. The number of hydrogen-bond acceptors (Lipinski definition) is 6. The molecule has 1 atom stereocenters. The first-order valence-corrected chi connectivity index (χ1v) is 9.26. The van der Waals surface area contributed by atoms with Crippen molar-refractivity contribution < 1.29 is 28.6 Å². The molecule has 0 saturated heterocycles. The van der Waals surface area contributed by atoms with Crippen LogP contribution in [0.15, 0.2) is 24.3 Å². The van der Waals surface area contributed by atoms with Crippen molar-refractivity contribution in [1.29, 1.82) is 0 Å². The number of alkyl carbamates (subject to hydrolysis) is 1. The first-order chi connectivity index (χ1) is 13.2. The second-order valence-corrected chi connectivity index (χ2v) is 7.65. The van der Waals surface area contributed by atoms with E-state index in [-0.39, 0.29) is 19.1 Å². The molecule has 1 aliphatic carbocycles. The minimum absolute atomic E-state index is 0.0401. The number of nitrogens with one attached hydrogen (secondary N) is 2. The lowest BCUT2D eigenvalue weighted by atomic mass is 10.0. The van der Waals surface area contributed by atoms with E-state index in [0.717, 1.165) is 12.8 Å². The van der Waals surface area contributed by atoms with Crippen molar-refractivity contribution in [2.75, 3.05) is 13.7 Å². The molecule has 1 aromatic rings. The van der Waals surface area contributed by atoms with Gasteiger partial charge in [-0.15, -0.1) is 0 Å². The first kappa shape index (κ1) is 21.5. The van der Waals surface area contributed by atoms with Crippen LogP contribution < -0.4 is 15.4 Å². The normalized spacial score (nSPS) is 14.6. The van der Waals surface area contributed by atoms with E-state index in [2.05, 4.69) is 10.6 Å². The second-order valence-electron chi connectivity index (χ2n) is 7.65. The molecule has 2 rings (SSSR count). The summed E-state index contributed by atoms with van der Waals surface area (Å²) >= 11 is 0. The summed E-state index contributed by atoms with van der Waals surface area (Å²) in [5.41, 5.74) is 0.0601. The molecule has 154 valence electrons. The van der Waals surface area contributed by atoms with Crippen LogP contribution in [0.4, 0.5) is 4.79 Å². The number of ether oxygens (including phenoxy) is 3. The van der Waals surface area contributed by atoms with Gasteiger partial charge in [-0.25, -0.2) is 4.79 Å². The Labute approximate surface area is 164 Å². The quantitative estimate of drug-likeness (QED) is 0.659. The van der Waals surface area contributed by atoms with Crippen LogP contribution in [0.5, 0.6) is 5.75 Å². The van der Waals surface area contributed by atoms with Crippen LogP contribution in [0, 0.1) is 0 Å². The van der Waals surface area contributed by atoms with E-state index in [9.17, 15) is 14.4 Å². The maximum absolute atomic E-state index is 12.3. The zero-order valence-electron chi connectivity index (χ0n) is 16.7. The van der Waals surface area contributed by atoms with Crippen molar-refractivity contribution in [1.82, 2.24) is 10.6 Å². The Bertz CT molecular complexity index is 709. The molecule has 1 aromatic carbocycles. The fourth-order valence-corrected chi connectivity index (χ4v) is 2.40. The maximum Gasteiger partial charge on any atom is 0.408 e. The third-order valence-corrected chi connectivity index (χ3v) is 3.81. The summed E-state index contributed by atoms with van der Waals surface area (Å²) in [6, 6.07) is 6.64. The first-order valence-electron chi connectivity index (χ1n) is 9.26. The molecule has 8 heteroatoms. The molecular weight excluding hydrogens is 364 g/mol. The van der Waals surface area contributed by atoms with Crippen molar-refractivity contribution in [2.45, 2.75) is 57.8 Å². The van der Waals surface area contributed by atoms with Gasteiger partial charge in [0.2, 0.25) is 5.91 Å². The lowest BCUT2D eigenvalue weighted by molar-refractivity contribution is -0.141. The van der Waals surface area contributed by atoms with Gasteiger partial charge in [0.15, 0.2) is 0 Å². The molecule has 1 fully saturated rings. The molecule has 0 aromatic heterocycles. The standard InChI is InChI=1S/C20H28N2O6/c1-20(2,3)28-19(25)21-12-17(23)22-16(11-18(24)26-4)13-6-5-7-15(10-13)27-14-8-9-14/h5-7,10,14,16H,8-9,11-12H2,1-4H3,(H,21,25)(H,22,23)/t16-/m0/s1. The molecule has 8 nitrogen and oxygen atoms in total. The minimum Gasteiger partial charge on any atom is -0.490 e. The highest BCUT2D eigenvalue weighted by atomic mass is 16.6. The van der Waals surface area contributed by atoms with E-state index in [1.165, 1.54) is 7.11 Å². The van der Waals surface area contributed by atoms with Crippen molar-refractivity contribution in [3.8, 4) is 5.75 Å². The van der Waals surface area contributed by atoms with Crippen molar-refractivity contribution in [3.05, 3.63) is 29.8 Å². The Morgan fingerprint density at radius 3 is 2.54 bits per heavy atom. The zero-order valence-corrected chi connectivity index (χ0v) is 16.7. The third kappa shape index (κ3) is 7.85. The lowest BCUT2D eigenvalue weighted by Gasteiger charge is -2.21. The van der Waals surface area contributed by atoms with Gasteiger partial charge in [0.25, 0.3) is 0 Å².